The van der Waals surface area contributed by atoms with Crippen molar-refractivity contribution in [3.05, 3.63) is 28.8 Å². The molecule has 2 fully saturated rings. The number of halogens is 4. The van der Waals surface area contributed by atoms with Gasteiger partial charge in [0, 0.05) is 38.3 Å². The summed E-state index contributed by atoms with van der Waals surface area (Å²) in [6, 6.07) is 4.02. The van der Waals surface area contributed by atoms with Crippen molar-refractivity contribution in [3.8, 4) is 0 Å². The Kier molecular flexibility index (Phi) is 4.42. The lowest BCUT2D eigenvalue weighted by atomic mass is 10.1. The molecule has 1 amide bonds. The summed E-state index contributed by atoms with van der Waals surface area (Å²) < 4.78 is 38.8. The monoisotopic (exact) mass is 347 g/mol. The minimum Gasteiger partial charge on any atom is -0.369 e. The van der Waals surface area contributed by atoms with Gasteiger partial charge in [0.15, 0.2) is 0 Å². The van der Waals surface area contributed by atoms with Gasteiger partial charge >= 0.3 is 6.18 Å². The lowest BCUT2D eigenvalue weighted by molar-refractivity contribution is -0.137. The van der Waals surface area contributed by atoms with Gasteiger partial charge in [-0.05, 0) is 24.6 Å². The number of benzene rings is 1. The maximum atomic E-state index is 12.9. The summed E-state index contributed by atoms with van der Waals surface area (Å²) in [6.07, 6.45) is -3.07. The van der Waals surface area contributed by atoms with Gasteiger partial charge in [0.1, 0.15) is 0 Å². The molecular formula is C15H17ClF3N3O. The Morgan fingerprint density at radius 3 is 2.43 bits per heavy atom. The van der Waals surface area contributed by atoms with Crippen LogP contribution in [0.1, 0.15) is 18.4 Å². The summed E-state index contributed by atoms with van der Waals surface area (Å²) in [5, 5.41) is 2.63. The molecule has 1 N–H and O–H groups in total. The number of carbonyl (C=O) groups is 1. The van der Waals surface area contributed by atoms with Crippen LogP contribution in [0, 0.1) is 0 Å². The molecular weight excluding hydrogens is 331 g/mol. The predicted octanol–water partition coefficient (Wildman–Crippen LogP) is 2.72. The Labute approximate surface area is 137 Å². The van der Waals surface area contributed by atoms with Crippen LogP contribution in [0.2, 0.25) is 5.02 Å². The highest BCUT2D eigenvalue weighted by atomic mass is 35.5. The third kappa shape index (κ3) is 3.55. The summed E-state index contributed by atoms with van der Waals surface area (Å²) in [4.78, 5) is 15.4. The van der Waals surface area contributed by atoms with Crippen molar-refractivity contribution >= 4 is 23.2 Å². The first kappa shape index (κ1) is 16.4. The first-order valence-electron chi connectivity index (χ1n) is 7.50. The first-order chi connectivity index (χ1) is 10.8. The van der Waals surface area contributed by atoms with E-state index >= 15 is 0 Å². The molecule has 0 radical (unpaired) electrons. The Morgan fingerprint density at radius 2 is 1.87 bits per heavy atom. The van der Waals surface area contributed by atoms with E-state index in [-0.39, 0.29) is 17.1 Å². The highest BCUT2D eigenvalue weighted by Crippen LogP contribution is 2.37. The number of amides is 1. The van der Waals surface area contributed by atoms with E-state index in [2.05, 4.69) is 10.2 Å². The van der Waals surface area contributed by atoms with Crippen LogP contribution < -0.4 is 10.2 Å². The van der Waals surface area contributed by atoms with E-state index in [1.165, 1.54) is 6.07 Å². The Hall–Kier alpha value is -1.47. The van der Waals surface area contributed by atoms with Gasteiger partial charge in [-0.2, -0.15) is 13.2 Å². The average Bonchev–Trinajstić information content (AvgIpc) is 2.93. The predicted molar refractivity (Wildman–Crippen MR) is 81.4 cm³/mol. The molecule has 4 nitrogen and oxygen atoms in total. The third-order valence-corrected chi connectivity index (χ3v) is 4.68. The van der Waals surface area contributed by atoms with Gasteiger partial charge in [0.2, 0.25) is 5.91 Å². The van der Waals surface area contributed by atoms with Crippen molar-refractivity contribution in [1.29, 1.82) is 0 Å². The van der Waals surface area contributed by atoms with Gasteiger partial charge in [-0.1, -0.05) is 11.6 Å². The van der Waals surface area contributed by atoms with Crippen molar-refractivity contribution in [2.75, 3.05) is 31.1 Å². The molecule has 0 aliphatic carbocycles. The molecule has 1 aromatic rings. The fraction of sp³-hybridized carbons (Fsp3) is 0.533. The van der Waals surface area contributed by atoms with Crippen LogP contribution >= 0.6 is 11.6 Å². The van der Waals surface area contributed by atoms with E-state index in [4.69, 9.17) is 11.6 Å². The molecule has 2 saturated heterocycles. The lowest BCUT2D eigenvalue weighted by Gasteiger charge is -2.39. The highest BCUT2D eigenvalue weighted by molar-refractivity contribution is 6.31. The smallest absolute Gasteiger partial charge is 0.369 e. The molecule has 1 atom stereocenters. The molecule has 0 aromatic heterocycles. The molecule has 2 aliphatic heterocycles. The summed E-state index contributed by atoms with van der Waals surface area (Å²) >= 11 is 5.66. The summed E-state index contributed by atoms with van der Waals surface area (Å²) in [6.45, 7) is 2.64. The number of nitrogens with one attached hydrogen (secondary N) is 1. The van der Waals surface area contributed by atoms with Gasteiger partial charge < -0.3 is 10.2 Å². The van der Waals surface area contributed by atoms with E-state index in [1.807, 2.05) is 4.90 Å². The van der Waals surface area contributed by atoms with Gasteiger partial charge in [0.05, 0.1) is 16.8 Å². The Morgan fingerprint density at radius 1 is 1.17 bits per heavy atom. The molecule has 8 heteroatoms. The average molecular weight is 348 g/mol. The number of rotatable bonds is 2. The third-order valence-electron chi connectivity index (χ3n) is 4.35. The normalized spacial score (nSPS) is 23.2. The van der Waals surface area contributed by atoms with Gasteiger partial charge in [-0.15, -0.1) is 0 Å². The SMILES string of the molecule is O=C1CCC(N2CCN(c3ccc(Cl)c(C(F)(F)F)c3)CC2)N1. The quantitative estimate of drug-likeness (QED) is 0.893. The molecule has 126 valence electrons. The van der Waals surface area contributed by atoms with Gasteiger partial charge in [-0.25, -0.2) is 0 Å². The second-order valence-corrected chi connectivity index (χ2v) is 6.21. The number of hydrogen-bond acceptors (Lipinski definition) is 3. The van der Waals surface area contributed by atoms with Crippen molar-refractivity contribution in [3.63, 3.8) is 0 Å². The largest absolute Gasteiger partial charge is 0.417 e. The van der Waals surface area contributed by atoms with Crippen LogP contribution in [0.3, 0.4) is 0 Å². The van der Waals surface area contributed by atoms with Crippen LogP contribution in [0.4, 0.5) is 18.9 Å². The van der Waals surface area contributed by atoms with Crippen molar-refractivity contribution in [2.24, 2.45) is 0 Å². The minimum absolute atomic E-state index is 0.0561. The fourth-order valence-corrected chi connectivity index (χ4v) is 3.32. The molecule has 3 rings (SSSR count). The molecule has 23 heavy (non-hydrogen) atoms. The van der Waals surface area contributed by atoms with Crippen molar-refractivity contribution in [2.45, 2.75) is 25.2 Å². The van der Waals surface area contributed by atoms with Crippen LogP contribution in [0.15, 0.2) is 18.2 Å². The standard InChI is InChI=1S/C15H17ClF3N3O/c16-12-2-1-10(9-11(12)15(17,18)19)21-5-7-22(8-6-21)13-3-4-14(23)20-13/h1-2,9,13H,3-8H2,(H,20,23). The number of hydrogen-bond donors (Lipinski definition) is 1. The van der Waals surface area contributed by atoms with E-state index in [1.54, 1.807) is 6.07 Å². The Balaban J connectivity index is 1.67. The molecule has 1 unspecified atom stereocenters. The van der Waals surface area contributed by atoms with E-state index < -0.39 is 11.7 Å². The summed E-state index contributed by atoms with van der Waals surface area (Å²) in [7, 11) is 0. The zero-order valence-electron chi connectivity index (χ0n) is 12.4. The lowest BCUT2D eigenvalue weighted by Crippen LogP contribution is -2.53. The van der Waals surface area contributed by atoms with Gasteiger partial charge in [-0.3, -0.25) is 9.69 Å². The molecule has 0 saturated carbocycles. The van der Waals surface area contributed by atoms with Crippen molar-refractivity contribution < 1.29 is 18.0 Å². The zero-order chi connectivity index (χ0) is 16.6. The van der Waals surface area contributed by atoms with Crippen LogP contribution in [-0.2, 0) is 11.0 Å². The van der Waals surface area contributed by atoms with E-state index in [0.717, 1.165) is 12.5 Å². The number of nitrogens with zero attached hydrogens (tertiary/aromatic N) is 2. The van der Waals surface area contributed by atoms with Crippen molar-refractivity contribution in [1.82, 2.24) is 10.2 Å². The minimum atomic E-state index is -4.46. The molecule has 0 bridgehead atoms. The van der Waals surface area contributed by atoms with E-state index in [0.29, 0.717) is 38.3 Å². The maximum absolute atomic E-state index is 12.9. The summed E-state index contributed by atoms with van der Waals surface area (Å²) in [5.74, 6) is 0.0601. The number of piperazine rings is 1. The maximum Gasteiger partial charge on any atom is 0.417 e. The van der Waals surface area contributed by atoms with E-state index in [9.17, 15) is 18.0 Å². The molecule has 0 spiro atoms. The van der Waals surface area contributed by atoms with Crippen LogP contribution in [0.25, 0.3) is 0 Å². The zero-order valence-corrected chi connectivity index (χ0v) is 13.1. The number of carbonyl (C=O) groups excluding carboxylic acids is 1. The topological polar surface area (TPSA) is 35.6 Å². The summed E-state index contributed by atoms with van der Waals surface area (Å²) in [5.41, 5.74) is -0.279. The number of anilines is 1. The number of alkyl halides is 3. The second-order valence-electron chi connectivity index (χ2n) is 5.81. The second kappa shape index (κ2) is 6.20. The molecule has 1 aromatic carbocycles. The fourth-order valence-electron chi connectivity index (χ4n) is 3.09. The molecule has 2 aliphatic rings. The first-order valence-corrected chi connectivity index (χ1v) is 7.87. The van der Waals surface area contributed by atoms with Crippen LogP contribution in [-0.4, -0.2) is 43.2 Å². The Bertz CT molecular complexity index is 600. The van der Waals surface area contributed by atoms with Crippen LogP contribution in [0.5, 0.6) is 0 Å². The van der Waals surface area contributed by atoms with Gasteiger partial charge in [0.25, 0.3) is 0 Å². The molecule has 2 heterocycles. The highest BCUT2D eigenvalue weighted by Gasteiger charge is 2.34.